The molecule has 1 aliphatic heterocycles. The van der Waals surface area contributed by atoms with E-state index in [1.165, 1.54) is 13.1 Å². The molecule has 9 heteroatoms. The minimum absolute atomic E-state index is 0.147. The van der Waals surface area contributed by atoms with Crippen LogP contribution >= 0.6 is 11.3 Å². The van der Waals surface area contributed by atoms with Crippen LogP contribution in [-0.2, 0) is 22.6 Å². The summed E-state index contributed by atoms with van der Waals surface area (Å²) in [5.41, 5.74) is 1.34. The predicted octanol–water partition coefficient (Wildman–Crippen LogP) is 1.60. The third-order valence-corrected chi connectivity index (χ3v) is 5.00. The number of anilines is 1. The van der Waals surface area contributed by atoms with Crippen molar-refractivity contribution in [3.8, 4) is 0 Å². The van der Waals surface area contributed by atoms with Crippen LogP contribution in [0.2, 0.25) is 0 Å². The molecule has 0 aliphatic carbocycles. The maximum atomic E-state index is 12.6. The van der Waals surface area contributed by atoms with Crippen molar-refractivity contribution in [2.45, 2.75) is 20.0 Å². The van der Waals surface area contributed by atoms with Gasteiger partial charge in [-0.25, -0.2) is 9.97 Å². The molecular weight excluding hydrogens is 366 g/mol. The quantitative estimate of drug-likeness (QED) is 0.807. The van der Waals surface area contributed by atoms with Crippen LogP contribution in [0.15, 0.2) is 23.7 Å². The molecule has 2 aromatic rings. The fourth-order valence-electron chi connectivity index (χ4n) is 2.79. The highest BCUT2D eigenvalue weighted by Crippen LogP contribution is 2.16. The van der Waals surface area contributed by atoms with Gasteiger partial charge in [-0.3, -0.25) is 14.5 Å². The predicted molar refractivity (Wildman–Crippen MR) is 103 cm³/mol. The number of carbonyl (C=O) groups is 2. The Kier molecular flexibility index (Phi) is 6.49. The van der Waals surface area contributed by atoms with Crippen molar-refractivity contribution in [1.82, 2.24) is 19.8 Å². The molecule has 0 saturated carbocycles. The van der Waals surface area contributed by atoms with Crippen molar-refractivity contribution < 1.29 is 14.3 Å². The third-order valence-electron chi connectivity index (χ3n) is 4.12. The molecule has 2 aromatic heterocycles. The first-order chi connectivity index (χ1) is 13.0. The summed E-state index contributed by atoms with van der Waals surface area (Å²) in [6.07, 6.45) is 1.51. The number of aromatic nitrogens is 2. The van der Waals surface area contributed by atoms with Crippen LogP contribution in [0.1, 0.15) is 28.0 Å². The number of morpholine rings is 1. The second kappa shape index (κ2) is 9.03. The van der Waals surface area contributed by atoms with Crippen LogP contribution in [0.3, 0.4) is 0 Å². The molecule has 1 saturated heterocycles. The lowest BCUT2D eigenvalue weighted by Crippen LogP contribution is -2.35. The first-order valence-corrected chi connectivity index (χ1v) is 9.61. The van der Waals surface area contributed by atoms with Crippen LogP contribution in [0.25, 0.3) is 0 Å². The van der Waals surface area contributed by atoms with Crippen LogP contribution in [0.5, 0.6) is 0 Å². The van der Waals surface area contributed by atoms with Gasteiger partial charge < -0.3 is 15.0 Å². The number of nitrogens with zero attached hydrogens (tertiary/aromatic N) is 4. The van der Waals surface area contributed by atoms with Crippen LogP contribution in [0, 0.1) is 0 Å². The fourth-order valence-corrected chi connectivity index (χ4v) is 3.62. The molecule has 0 spiro atoms. The van der Waals surface area contributed by atoms with Gasteiger partial charge in [0, 0.05) is 44.2 Å². The Morgan fingerprint density at radius 1 is 1.37 bits per heavy atom. The van der Waals surface area contributed by atoms with E-state index in [1.807, 2.05) is 5.38 Å². The second-order valence-electron chi connectivity index (χ2n) is 6.39. The van der Waals surface area contributed by atoms with Crippen LogP contribution < -0.4 is 5.32 Å². The number of pyridine rings is 1. The smallest absolute Gasteiger partial charge is 0.254 e. The Labute approximate surface area is 162 Å². The largest absolute Gasteiger partial charge is 0.379 e. The zero-order valence-corrected chi connectivity index (χ0v) is 16.3. The third kappa shape index (κ3) is 5.56. The van der Waals surface area contributed by atoms with Crippen molar-refractivity contribution >= 4 is 29.0 Å². The first-order valence-electron chi connectivity index (χ1n) is 8.74. The molecule has 0 unspecified atom stereocenters. The highest BCUT2D eigenvalue weighted by Gasteiger charge is 2.16. The number of nitrogens with one attached hydrogen (secondary N) is 1. The van der Waals surface area contributed by atoms with Gasteiger partial charge in [-0.05, 0) is 12.1 Å². The Morgan fingerprint density at radius 3 is 2.89 bits per heavy atom. The van der Waals surface area contributed by atoms with E-state index in [0.29, 0.717) is 17.9 Å². The van der Waals surface area contributed by atoms with Crippen molar-refractivity contribution in [1.29, 1.82) is 0 Å². The summed E-state index contributed by atoms with van der Waals surface area (Å²) in [6, 6.07) is 3.21. The van der Waals surface area contributed by atoms with Gasteiger partial charge in [0.15, 0.2) is 0 Å². The number of thiazole rings is 1. The first kappa shape index (κ1) is 19.4. The molecule has 0 atom stereocenters. The highest BCUT2D eigenvalue weighted by molar-refractivity contribution is 7.09. The van der Waals surface area contributed by atoms with E-state index in [-0.39, 0.29) is 11.8 Å². The summed E-state index contributed by atoms with van der Waals surface area (Å²) < 4.78 is 5.36. The van der Waals surface area contributed by atoms with E-state index in [4.69, 9.17) is 4.74 Å². The molecule has 144 valence electrons. The van der Waals surface area contributed by atoms with Gasteiger partial charge in [0.25, 0.3) is 5.91 Å². The summed E-state index contributed by atoms with van der Waals surface area (Å²) in [5, 5.41) is 5.63. The summed E-state index contributed by atoms with van der Waals surface area (Å²) in [7, 11) is 1.74. The summed E-state index contributed by atoms with van der Waals surface area (Å²) >= 11 is 1.61. The topological polar surface area (TPSA) is 87.7 Å². The van der Waals surface area contributed by atoms with E-state index >= 15 is 0 Å². The molecule has 27 heavy (non-hydrogen) atoms. The minimum atomic E-state index is -0.226. The number of carbonyl (C=O) groups excluding carboxylic acids is 2. The van der Waals surface area contributed by atoms with E-state index in [9.17, 15) is 9.59 Å². The normalized spacial score (nSPS) is 14.7. The fraction of sp³-hybridized carbons (Fsp3) is 0.444. The number of hydrogen-bond acceptors (Lipinski definition) is 7. The maximum absolute atomic E-state index is 12.6. The highest BCUT2D eigenvalue weighted by atomic mass is 32.1. The standard InChI is InChI=1S/C18H23N5O3S/c1-13(24)20-16-9-14(3-4-19-16)18(25)22(2)10-15-12-27-17(21-15)11-23-5-7-26-8-6-23/h3-4,9,12H,5-8,10-11H2,1-2H3,(H,19,20,24). The number of amides is 2. The molecule has 1 fully saturated rings. The van der Waals surface area contributed by atoms with E-state index in [2.05, 4.69) is 20.2 Å². The lowest BCUT2D eigenvalue weighted by Gasteiger charge is -2.25. The van der Waals surface area contributed by atoms with Gasteiger partial charge in [0.05, 0.1) is 32.0 Å². The average Bonchev–Trinajstić information content (AvgIpc) is 3.08. The molecule has 2 amide bonds. The monoisotopic (exact) mass is 389 g/mol. The van der Waals surface area contributed by atoms with Crippen molar-refractivity contribution in [3.05, 3.63) is 40.0 Å². The second-order valence-corrected chi connectivity index (χ2v) is 7.34. The molecule has 1 N–H and O–H groups in total. The summed E-state index contributed by atoms with van der Waals surface area (Å²) in [6.45, 7) is 6.02. The zero-order valence-electron chi connectivity index (χ0n) is 15.5. The average molecular weight is 389 g/mol. The van der Waals surface area contributed by atoms with Crippen LogP contribution in [-0.4, -0.2) is 64.9 Å². The lowest BCUT2D eigenvalue weighted by molar-refractivity contribution is -0.114. The van der Waals surface area contributed by atoms with Crippen LogP contribution in [0.4, 0.5) is 5.82 Å². The lowest BCUT2D eigenvalue weighted by atomic mass is 10.2. The van der Waals surface area contributed by atoms with Gasteiger partial charge in [-0.15, -0.1) is 11.3 Å². The molecular formula is C18H23N5O3S. The van der Waals surface area contributed by atoms with E-state index in [1.54, 1.807) is 35.4 Å². The Hall–Kier alpha value is -2.36. The maximum Gasteiger partial charge on any atom is 0.254 e. The molecule has 0 bridgehead atoms. The Morgan fingerprint density at radius 2 is 2.15 bits per heavy atom. The van der Waals surface area contributed by atoms with Crippen molar-refractivity contribution in [2.24, 2.45) is 0 Å². The zero-order chi connectivity index (χ0) is 19.2. The number of ether oxygens (including phenoxy) is 1. The van der Waals surface area contributed by atoms with Gasteiger partial charge in [-0.1, -0.05) is 0 Å². The summed E-state index contributed by atoms with van der Waals surface area (Å²) in [5.74, 6) is -0.00865. The molecule has 1 aliphatic rings. The van der Waals surface area contributed by atoms with Gasteiger partial charge in [0.2, 0.25) is 5.91 Å². The van der Waals surface area contributed by atoms with Gasteiger partial charge in [-0.2, -0.15) is 0 Å². The molecule has 0 aromatic carbocycles. The van der Waals surface area contributed by atoms with Gasteiger partial charge in [0.1, 0.15) is 10.8 Å². The van der Waals surface area contributed by atoms with Crippen molar-refractivity contribution in [3.63, 3.8) is 0 Å². The number of rotatable bonds is 6. The molecule has 8 nitrogen and oxygen atoms in total. The van der Waals surface area contributed by atoms with Gasteiger partial charge >= 0.3 is 0 Å². The Balaban J connectivity index is 1.59. The molecule has 3 rings (SSSR count). The number of hydrogen-bond donors (Lipinski definition) is 1. The SMILES string of the molecule is CC(=O)Nc1cc(C(=O)N(C)Cc2csc(CN3CCOCC3)n2)ccn1. The van der Waals surface area contributed by atoms with E-state index < -0.39 is 0 Å². The summed E-state index contributed by atoms with van der Waals surface area (Å²) in [4.78, 5) is 36.4. The van der Waals surface area contributed by atoms with Crippen molar-refractivity contribution in [2.75, 3.05) is 38.7 Å². The van der Waals surface area contributed by atoms with E-state index in [0.717, 1.165) is 43.5 Å². The molecule has 3 heterocycles. The molecule has 0 radical (unpaired) electrons. The Bertz CT molecular complexity index is 804. The minimum Gasteiger partial charge on any atom is -0.379 e.